The minimum absolute atomic E-state index is 0.251. The number of para-hydroxylation sites is 2. The minimum Gasteiger partial charge on any atom is -0.342 e. The highest BCUT2D eigenvalue weighted by Crippen LogP contribution is 2.21. The zero-order chi connectivity index (χ0) is 21.8. The fourth-order valence-electron chi connectivity index (χ4n) is 3.90. The Morgan fingerprint density at radius 1 is 0.844 bits per heavy atom. The van der Waals surface area contributed by atoms with Crippen molar-refractivity contribution in [2.45, 2.75) is 6.54 Å². The predicted molar refractivity (Wildman–Crippen MR) is 128 cm³/mol. The molecule has 5 heteroatoms. The number of amides is 1. The maximum absolute atomic E-state index is 12.8. The van der Waals surface area contributed by atoms with Crippen molar-refractivity contribution in [1.29, 1.82) is 0 Å². The molecule has 1 amide bonds. The molecule has 0 bridgehead atoms. The normalized spacial score (nSPS) is 11.2. The first-order chi connectivity index (χ1) is 15.8. The summed E-state index contributed by atoms with van der Waals surface area (Å²) in [7, 11) is 0. The zero-order valence-corrected chi connectivity index (χ0v) is 17.4. The molecule has 0 aliphatic carbocycles. The summed E-state index contributed by atoms with van der Waals surface area (Å²) in [6.45, 7) is 0.770. The molecular weight excluding hydrogens is 396 g/mol. The number of carbonyl (C=O) groups is 1. The molecule has 2 aromatic heterocycles. The molecule has 0 spiro atoms. The van der Waals surface area contributed by atoms with Gasteiger partial charge in [0.05, 0.1) is 17.5 Å². The monoisotopic (exact) mass is 418 g/mol. The summed E-state index contributed by atoms with van der Waals surface area (Å²) in [5, 5.41) is 5.36. The predicted octanol–water partition coefficient (Wildman–Crippen LogP) is 5.24. The molecule has 0 aliphatic heterocycles. The summed E-state index contributed by atoms with van der Waals surface area (Å²) >= 11 is 0. The van der Waals surface area contributed by atoms with Crippen LogP contribution in [0.25, 0.3) is 16.6 Å². The lowest BCUT2D eigenvalue weighted by atomic mass is 10.1. The van der Waals surface area contributed by atoms with Crippen molar-refractivity contribution in [3.8, 4) is 5.69 Å². The van der Waals surface area contributed by atoms with Crippen LogP contribution in [-0.4, -0.2) is 21.3 Å². The Bertz CT molecular complexity index is 1380. The van der Waals surface area contributed by atoms with E-state index in [2.05, 4.69) is 45.6 Å². The molecule has 156 valence electrons. The second-order valence-corrected chi connectivity index (χ2v) is 7.52. The largest absolute Gasteiger partial charge is 0.342 e. The van der Waals surface area contributed by atoms with Crippen molar-refractivity contribution in [1.82, 2.24) is 14.6 Å². The minimum atomic E-state index is -0.251. The summed E-state index contributed by atoms with van der Waals surface area (Å²) in [5.41, 5.74) is 7.36. The lowest BCUT2D eigenvalue weighted by Gasteiger charge is -2.08. The van der Waals surface area contributed by atoms with E-state index < -0.39 is 0 Å². The van der Waals surface area contributed by atoms with E-state index in [1.165, 1.54) is 5.56 Å². The van der Waals surface area contributed by atoms with Crippen LogP contribution in [0.5, 0.6) is 0 Å². The fourth-order valence-corrected chi connectivity index (χ4v) is 3.90. The third-order valence-electron chi connectivity index (χ3n) is 5.42. The van der Waals surface area contributed by atoms with E-state index in [-0.39, 0.29) is 5.91 Å². The molecule has 0 unspecified atom stereocenters. The molecular formula is C27H22N4O. The van der Waals surface area contributed by atoms with E-state index in [1.807, 2.05) is 77.6 Å². The summed E-state index contributed by atoms with van der Waals surface area (Å²) in [5.74, 6) is -0.251. The Morgan fingerprint density at radius 3 is 2.41 bits per heavy atom. The summed E-state index contributed by atoms with van der Waals surface area (Å²) < 4.78 is 4.12. The maximum Gasteiger partial charge on any atom is 0.273 e. The zero-order valence-electron chi connectivity index (χ0n) is 17.4. The van der Waals surface area contributed by atoms with Gasteiger partial charge in [0.25, 0.3) is 5.91 Å². The number of benzene rings is 3. The van der Waals surface area contributed by atoms with E-state index in [1.54, 1.807) is 12.3 Å². The third kappa shape index (κ3) is 3.96. The topological polar surface area (TPSA) is 51.3 Å². The second-order valence-electron chi connectivity index (χ2n) is 7.52. The Kier molecular flexibility index (Phi) is 5.37. The van der Waals surface area contributed by atoms with Crippen LogP contribution in [0, 0.1) is 0 Å². The molecule has 0 aliphatic rings. The van der Waals surface area contributed by atoms with E-state index in [0.717, 1.165) is 28.7 Å². The van der Waals surface area contributed by atoms with Crippen LogP contribution in [0.15, 0.2) is 115 Å². The van der Waals surface area contributed by atoms with Crippen molar-refractivity contribution < 1.29 is 4.79 Å². The van der Waals surface area contributed by atoms with Crippen LogP contribution in [0.2, 0.25) is 0 Å². The first-order valence-corrected chi connectivity index (χ1v) is 10.5. The van der Waals surface area contributed by atoms with Crippen LogP contribution in [0.1, 0.15) is 21.5 Å². The molecule has 1 N–H and O–H groups in total. The molecule has 0 atom stereocenters. The highest BCUT2D eigenvalue weighted by atomic mass is 16.2. The van der Waals surface area contributed by atoms with Crippen molar-refractivity contribution in [3.63, 3.8) is 0 Å². The Hall–Kier alpha value is -4.38. The molecule has 0 radical (unpaired) electrons. The molecule has 0 fully saturated rings. The number of nitrogens with one attached hydrogen (secondary N) is 1. The van der Waals surface area contributed by atoms with Gasteiger partial charge in [0.15, 0.2) is 0 Å². The number of carbonyl (C=O) groups excluding carboxylic acids is 1. The standard InChI is InChI=1S/C27H22N4O/c32-27(24-13-5-7-15-26(24)30-16-8-9-17-30)29-28-18-22-20-31(19-21-10-2-1-3-11-21)25-14-6-4-12-23(22)25/h1-18,20H,19H2,(H,29,32)/b28-18-. The quantitative estimate of drug-likeness (QED) is 0.297. The average molecular weight is 419 g/mol. The number of fused-ring (bicyclic) bond motifs is 1. The molecule has 3 aromatic carbocycles. The van der Waals surface area contributed by atoms with Gasteiger partial charge in [0.2, 0.25) is 0 Å². The number of rotatable bonds is 6. The van der Waals surface area contributed by atoms with Crippen LogP contribution < -0.4 is 5.43 Å². The Balaban J connectivity index is 1.39. The van der Waals surface area contributed by atoms with Gasteiger partial charge in [-0.2, -0.15) is 5.10 Å². The van der Waals surface area contributed by atoms with E-state index in [9.17, 15) is 4.79 Å². The third-order valence-corrected chi connectivity index (χ3v) is 5.42. The SMILES string of the molecule is O=C(N/N=C\c1cn(Cc2ccccc2)c2ccccc12)c1ccccc1-n1cccc1. The van der Waals surface area contributed by atoms with Crippen molar-refractivity contribution in [2.24, 2.45) is 5.10 Å². The highest BCUT2D eigenvalue weighted by molar-refractivity contribution is 6.01. The van der Waals surface area contributed by atoms with Crippen LogP contribution in [-0.2, 0) is 6.54 Å². The fraction of sp³-hybridized carbons (Fsp3) is 0.0370. The lowest BCUT2D eigenvalue weighted by Crippen LogP contribution is -2.19. The van der Waals surface area contributed by atoms with Gasteiger partial charge < -0.3 is 9.13 Å². The van der Waals surface area contributed by atoms with Gasteiger partial charge in [-0.3, -0.25) is 4.79 Å². The molecule has 5 aromatic rings. The van der Waals surface area contributed by atoms with Crippen LogP contribution >= 0.6 is 0 Å². The van der Waals surface area contributed by atoms with Crippen LogP contribution in [0.3, 0.4) is 0 Å². The molecule has 32 heavy (non-hydrogen) atoms. The van der Waals surface area contributed by atoms with Gasteiger partial charge >= 0.3 is 0 Å². The van der Waals surface area contributed by atoms with E-state index in [0.29, 0.717) is 5.56 Å². The first-order valence-electron chi connectivity index (χ1n) is 10.5. The summed E-state index contributed by atoms with van der Waals surface area (Å²) in [4.78, 5) is 12.8. The Labute approximate surface area is 186 Å². The van der Waals surface area contributed by atoms with Gasteiger partial charge in [0.1, 0.15) is 0 Å². The molecule has 5 rings (SSSR count). The van der Waals surface area contributed by atoms with Gasteiger partial charge in [0, 0.05) is 41.6 Å². The van der Waals surface area contributed by atoms with Gasteiger partial charge in [-0.05, 0) is 35.9 Å². The second kappa shape index (κ2) is 8.78. The van der Waals surface area contributed by atoms with Crippen LogP contribution in [0.4, 0.5) is 0 Å². The van der Waals surface area contributed by atoms with Crippen molar-refractivity contribution in [3.05, 3.63) is 126 Å². The smallest absolute Gasteiger partial charge is 0.273 e. The van der Waals surface area contributed by atoms with Gasteiger partial charge in [-0.15, -0.1) is 0 Å². The van der Waals surface area contributed by atoms with Crippen molar-refractivity contribution >= 4 is 23.0 Å². The number of hydrogen-bond donors (Lipinski definition) is 1. The number of aromatic nitrogens is 2. The molecule has 5 nitrogen and oxygen atoms in total. The Morgan fingerprint density at radius 2 is 1.56 bits per heavy atom. The number of nitrogens with zero attached hydrogens (tertiary/aromatic N) is 3. The first kappa shape index (κ1) is 19.6. The summed E-state index contributed by atoms with van der Waals surface area (Å²) in [6, 6.07) is 29.9. The molecule has 2 heterocycles. The molecule has 0 saturated heterocycles. The average Bonchev–Trinajstić information content (AvgIpc) is 3.49. The number of hydrogen-bond acceptors (Lipinski definition) is 2. The van der Waals surface area contributed by atoms with Gasteiger partial charge in [-0.25, -0.2) is 5.43 Å². The maximum atomic E-state index is 12.8. The van der Waals surface area contributed by atoms with E-state index >= 15 is 0 Å². The van der Waals surface area contributed by atoms with E-state index in [4.69, 9.17) is 0 Å². The number of hydrazone groups is 1. The lowest BCUT2D eigenvalue weighted by molar-refractivity contribution is 0.0955. The summed E-state index contributed by atoms with van der Waals surface area (Å²) in [6.07, 6.45) is 7.61. The van der Waals surface area contributed by atoms with Gasteiger partial charge in [-0.1, -0.05) is 60.7 Å². The molecule has 0 saturated carbocycles. The van der Waals surface area contributed by atoms with Crippen molar-refractivity contribution in [2.75, 3.05) is 0 Å². The highest BCUT2D eigenvalue weighted by Gasteiger charge is 2.11.